The summed E-state index contributed by atoms with van der Waals surface area (Å²) in [6.07, 6.45) is 0. The van der Waals surface area contributed by atoms with Crippen molar-refractivity contribution in [2.45, 2.75) is 6.92 Å². The number of hydrogen-bond donors (Lipinski definition) is 2. The van der Waals surface area contributed by atoms with Gasteiger partial charge in [0.05, 0.1) is 16.3 Å². The number of carboxylic acid groups (broad SMARTS) is 1. The summed E-state index contributed by atoms with van der Waals surface area (Å²) in [5.41, 5.74) is 4.38. The lowest BCUT2D eigenvalue weighted by Crippen LogP contribution is -1.97. The Morgan fingerprint density at radius 2 is 2.05 bits per heavy atom. The summed E-state index contributed by atoms with van der Waals surface area (Å²) < 4.78 is 0. The van der Waals surface area contributed by atoms with Gasteiger partial charge < -0.3 is 5.11 Å². The van der Waals surface area contributed by atoms with Gasteiger partial charge in [0.15, 0.2) is 0 Å². The third kappa shape index (κ3) is 3.56. The summed E-state index contributed by atoms with van der Waals surface area (Å²) in [6, 6.07) is 10.5. The van der Waals surface area contributed by atoms with Crippen LogP contribution in [0.15, 0.2) is 41.5 Å². The Bertz CT molecular complexity index is 637. The van der Waals surface area contributed by atoms with E-state index in [9.17, 15) is 4.79 Å². The summed E-state index contributed by atoms with van der Waals surface area (Å²) in [5, 5.41) is 13.7. The van der Waals surface area contributed by atoms with E-state index in [0.717, 1.165) is 16.3 Å². The molecule has 0 saturated carbocycles. The maximum atomic E-state index is 10.8. The number of hydrogen-bond acceptors (Lipinski definition) is 4. The van der Waals surface area contributed by atoms with Crippen LogP contribution in [-0.2, 0) is 0 Å². The predicted octanol–water partition coefficient (Wildman–Crippen LogP) is 3.94. The van der Waals surface area contributed by atoms with E-state index < -0.39 is 5.97 Å². The Kier molecular flexibility index (Phi) is 4.19. The highest BCUT2D eigenvalue weighted by Crippen LogP contribution is 2.18. The first-order chi connectivity index (χ1) is 9.06. The number of carbonyl (C=O) groups is 1. The molecule has 4 nitrogen and oxygen atoms in total. The molecule has 1 heterocycles. The first-order valence-corrected chi connectivity index (χ1v) is 6.65. The number of aromatic carboxylic acids is 1. The van der Waals surface area contributed by atoms with E-state index in [-0.39, 0.29) is 0 Å². The number of thiophene rings is 1. The Morgan fingerprint density at radius 1 is 1.32 bits per heavy atom. The Balaban J connectivity index is 2.12. The van der Waals surface area contributed by atoms with Crippen LogP contribution in [-0.4, -0.2) is 16.8 Å². The van der Waals surface area contributed by atoms with Crippen LogP contribution in [0, 0.1) is 0 Å². The highest BCUT2D eigenvalue weighted by atomic mass is 35.5. The first-order valence-electron chi connectivity index (χ1n) is 5.45. The summed E-state index contributed by atoms with van der Waals surface area (Å²) in [5.74, 6) is -0.924. The lowest BCUT2D eigenvalue weighted by Gasteiger charge is -2.02. The molecule has 19 heavy (non-hydrogen) atoms. The van der Waals surface area contributed by atoms with E-state index in [2.05, 4.69) is 10.5 Å². The Morgan fingerprint density at radius 3 is 2.68 bits per heavy atom. The van der Waals surface area contributed by atoms with Crippen molar-refractivity contribution < 1.29 is 9.90 Å². The SMILES string of the molecule is C/C(=N/Nc1cccc(Cl)c1)c1ccc(C(=O)O)s1. The monoisotopic (exact) mass is 294 g/mol. The van der Waals surface area contributed by atoms with Crippen LogP contribution < -0.4 is 5.43 Å². The van der Waals surface area contributed by atoms with E-state index in [0.29, 0.717) is 9.90 Å². The third-order valence-corrected chi connectivity index (χ3v) is 3.77. The summed E-state index contributed by atoms with van der Waals surface area (Å²) in [7, 11) is 0. The molecule has 0 spiro atoms. The van der Waals surface area contributed by atoms with Crippen LogP contribution in [0.2, 0.25) is 5.02 Å². The zero-order valence-electron chi connectivity index (χ0n) is 10.1. The van der Waals surface area contributed by atoms with Gasteiger partial charge >= 0.3 is 5.97 Å². The molecule has 2 N–H and O–H groups in total. The Hall–Kier alpha value is -1.85. The molecule has 0 aliphatic heterocycles. The molecule has 0 aliphatic rings. The minimum Gasteiger partial charge on any atom is -0.477 e. The maximum absolute atomic E-state index is 10.8. The van der Waals surface area contributed by atoms with Crippen molar-refractivity contribution in [3.05, 3.63) is 51.2 Å². The summed E-state index contributed by atoms with van der Waals surface area (Å²) >= 11 is 7.05. The zero-order chi connectivity index (χ0) is 13.8. The molecule has 0 unspecified atom stereocenters. The number of nitrogens with one attached hydrogen (secondary N) is 1. The lowest BCUT2D eigenvalue weighted by molar-refractivity contribution is 0.0702. The van der Waals surface area contributed by atoms with Crippen molar-refractivity contribution in [1.29, 1.82) is 0 Å². The number of nitrogens with zero attached hydrogens (tertiary/aromatic N) is 1. The van der Waals surface area contributed by atoms with Crippen molar-refractivity contribution >= 4 is 40.3 Å². The lowest BCUT2D eigenvalue weighted by atomic mass is 10.3. The van der Waals surface area contributed by atoms with E-state index in [1.807, 2.05) is 19.1 Å². The third-order valence-electron chi connectivity index (χ3n) is 2.35. The van der Waals surface area contributed by atoms with Crippen LogP contribution in [0.5, 0.6) is 0 Å². The van der Waals surface area contributed by atoms with Crippen LogP contribution in [0.1, 0.15) is 21.5 Å². The highest BCUT2D eigenvalue weighted by Gasteiger charge is 2.08. The molecule has 0 radical (unpaired) electrons. The van der Waals surface area contributed by atoms with Gasteiger partial charge in [0.1, 0.15) is 4.88 Å². The van der Waals surface area contributed by atoms with Crippen LogP contribution in [0.3, 0.4) is 0 Å². The number of anilines is 1. The minimum atomic E-state index is -0.924. The molecule has 2 rings (SSSR count). The molecule has 98 valence electrons. The number of rotatable bonds is 4. The standard InChI is InChI=1S/C13H11ClN2O2S/c1-8(11-5-6-12(19-11)13(17)18)15-16-10-4-2-3-9(14)7-10/h2-7,16H,1H3,(H,17,18)/b15-8-. The second-order valence-electron chi connectivity index (χ2n) is 3.79. The topological polar surface area (TPSA) is 61.7 Å². The van der Waals surface area contributed by atoms with Crippen molar-refractivity contribution in [1.82, 2.24) is 0 Å². The fraction of sp³-hybridized carbons (Fsp3) is 0.0769. The van der Waals surface area contributed by atoms with E-state index >= 15 is 0 Å². The number of benzene rings is 1. The van der Waals surface area contributed by atoms with Gasteiger partial charge in [0.2, 0.25) is 0 Å². The fourth-order valence-electron chi connectivity index (χ4n) is 1.41. The van der Waals surface area contributed by atoms with E-state index in [1.54, 1.807) is 24.3 Å². The van der Waals surface area contributed by atoms with Crippen LogP contribution >= 0.6 is 22.9 Å². The number of halogens is 1. The van der Waals surface area contributed by atoms with Gasteiger partial charge in [-0.25, -0.2) is 4.79 Å². The molecule has 0 saturated heterocycles. The molecular weight excluding hydrogens is 284 g/mol. The molecule has 0 aliphatic carbocycles. The van der Waals surface area contributed by atoms with E-state index in [4.69, 9.17) is 16.7 Å². The van der Waals surface area contributed by atoms with Gasteiger partial charge in [0.25, 0.3) is 0 Å². The fourth-order valence-corrected chi connectivity index (χ4v) is 2.39. The van der Waals surface area contributed by atoms with Gasteiger partial charge in [0, 0.05) is 5.02 Å². The summed E-state index contributed by atoms with van der Waals surface area (Å²) in [6.45, 7) is 1.81. The van der Waals surface area contributed by atoms with Crippen molar-refractivity contribution in [2.24, 2.45) is 5.10 Å². The van der Waals surface area contributed by atoms with Gasteiger partial charge in [-0.05, 0) is 37.3 Å². The van der Waals surface area contributed by atoms with Crippen LogP contribution in [0.25, 0.3) is 0 Å². The molecule has 2 aromatic rings. The van der Waals surface area contributed by atoms with E-state index in [1.165, 1.54) is 11.3 Å². The maximum Gasteiger partial charge on any atom is 0.345 e. The average molecular weight is 295 g/mol. The molecule has 1 aromatic carbocycles. The largest absolute Gasteiger partial charge is 0.477 e. The van der Waals surface area contributed by atoms with Gasteiger partial charge in [-0.2, -0.15) is 5.10 Å². The van der Waals surface area contributed by atoms with Gasteiger partial charge in [-0.15, -0.1) is 11.3 Å². The smallest absolute Gasteiger partial charge is 0.345 e. The number of hydrazone groups is 1. The van der Waals surface area contributed by atoms with Gasteiger partial charge in [-0.1, -0.05) is 17.7 Å². The summed E-state index contributed by atoms with van der Waals surface area (Å²) in [4.78, 5) is 11.9. The highest BCUT2D eigenvalue weighted by molar-refractivity contribution is 7.15. The molecule has 0 fully saturated rings. The number of carboxylic acids is 1. The molecule has 1 aromatic heterocycles. The van der Waals surface area contributed by atoms with Crippen molar-refractivity contribution in [3.63, 3.8) is 0 Å². The minimum absolute atomic E-state index is 0.298. The molecule has 0 bridgehead atoms. The first kappa shape index (κ1) is 13.6. The average Bonchev–Trinajstić information content (AvgIpc) is 2.86. The molecule has 6 heteroatoms. The van der Waals surface area contributed by atoms with Gasteiger partial charge in [-0.3, -0.25) is 5.43 Å². The molecule has 0 amide bonds. The second kappa shape index (κ2) is 5.86. The molecule has 0 atom stereocenters. The van der Waals surface area contributed by atoms with Crippen molar-refractivity contribution in [3.8, 4) is 0 Å². The molecular formula is C13H11ClN2O2S. The Labute approximate surface area is 119 Å². The normalized spacial score (nSPS) is 11.4. The van der Waals surface area contributed by atoms with Crippen molar-refractivity contribution in [2.75, 3.05) is 5.43 Å². The predicted molar refractivity (Wildman–Crippen MR) is 78.6 cm³/mol. The quantitative estimate of drug-likeness (QED) is 0.663. The zero-order valence-corrected chi connectivity index (χ0v) is 11.6. The van der Waals surface area contributed by atoms with Crippen LogP contribution in [0.4, 0.5) is 5.69 Å². The second-order valence-corrected chi connectivity index (χ2v) is 5.31.